The van der Waals surface area contributed by atoms with E-state index in [1.807, 2.05) is 0 Å². The number of halogens is 1. The van der Waals surface area contributed by atoms with Crippen LogP contribution in [0.4, 0.5) is 10.1 Å². The number of rotatable bonds is 6. The SMILES string of the molecule is CCN(C(=O)CC(C)CC(=O)O)c1ccccc1F. The molecule has 0 fully saturated rings. The van der Waals surface area contributed by atoms with Crippen LogP contribution in [0.25, 0.3) is 0 Å². The Balaban J connectivity index is 2.78. The van der Waals surface area contributed by atoms with Crippen LogP contribution in [0.3, 0.4) is 0 Å². The van der Waals surface area contributed by atoms with Crippen molar-refractivity contribution < 1.29 is 19.1 Å². The summed E-state index contributed by atoms with van der Waals surface area (Å²) in [5.74, 6) is -1.93. The van der Waals surface area contributed by atoms with Crippen molar-refractivity contribution in [3.05, 3.63) is 30.1 Å². The standard InChI is InChI=1S/C14H18FNO3/c1-3-16(12-7-5-4-6-11(12)15)13(17)8-10(2)9-14(18)19/h4-7,10H,3,8-9H2,1-2H3,(H,18,19). The summed E-state index contributed by atoms with van der Waals surface area (Å²) in [7, 11) is 0. The Morgan fingerprint density at radius 3 is 2.47 bits per heavy atom. The quantitative estimate of drug-likeness (QED) is 0.862. The molecule has 1 unspecified atom stereocenters. The molecule has 0 saturated carbocycles. The number of benzene rings is 1. The summed E-state index contributed by atoms with van der Waals surface area (Å²) in [6.45, 7) is 3.80. The van der Waals surface area contributed by atoms with Crippen LogP contribution in [-0.4, -0.2) is 23.5 Å². The maximum atomic E-state index is 13.6. The lowest BCUT2D eigenvalue weighted by atomic mass is 10.0. The lowest BCUT2D eigenvalue weighted by Gasteiger charge is -2.23. The third kappa shape index (κ3) is 4.35. The molecule has 0 spiro atoms. The van der Waals surface area contributed by atoms with Crippen LogP contribution in [0.5, 0.6) is 0 Å². The number of carbonyl (C=O) groups is 2. The van der Waals surface area contributed by atoms with Crippen LogP contribution in [0.15, 0.2) is 24.3 Å². The van der Waals surface area contributed by atoms with Crippen molar-refractivity contribution in [3.63, 3.8) is 0 Å². The zero-order valence-electron chi connectivity index (χ0n) is 11.1. The Kier molecular flexibility index (Phi) is 5.48. The van der Waals surface area contributed by atoms with Crippen LogP contribution in [0, 0.1) is 11.7 Å². The van der Waals surface area contributed by atoms with Crippen LogP contribution < -0.4 is 4.90 Å². The van der Waals surface area contributed by atoms with Crippen molar-refractivity contribution in [3.8, 4) is 0 Å². The van der Waals surface area contributed by atoms with Gasteiger partial charge in [0.1, 0.15) is 5.82 Å². The van der Waals surface area contributed by atoms with Gasteiger partial charge < -0.3 is 10.0 Å². The van der Waals surface area contributed by atoms with Crippen LogP contribution >= 0.6 is 0 Å². The van der Waals surface area contributed by atoms with E-state index in [1.54, 1.807) is 32.0 Å². The normalized spacial score (nSPS) is 11.9. The van der Waals surface area contributed by atoms with Gasteiger partial charge in [-0.2, -0.15) is 0 Å². The van der Waals surface area contributed by atoms with E-state index in [4.69, 9.17) is 5.11 Å². The summed E-state index contributed by atoms with van der Waals surface area (Å²) in [6.07, 6.45) is 0.0229. The Bertz CT molecular complexity index is 462. The first-order valence-corrected chi connectivity index (χ1v) is 6.22. The second-order valence-electron chi connectivity index (χ2n) is 4.50. The number of hydrogen-bond acceptors (Lipinski definition) is 2. The van der Waals surface area contributed by atoms with Crippen LogP contribution in [0.1, 0.15) is 26.7 Å². The largest absolute Gasteiger partial charge is 0.481 e. The maximum absolute atomic E-state index is 13.6. The van der Waals surface area contributed by atoms with E-state index in [-0.39, 0.29) is 30.4 Å². The smallest absolute Gasteiger partial charge is 0.303 e. The molecule has 1 aromatic carbocycles. The molecule has 0 aliphatic rings. The van der Waals surface area contributed by atoms with E-state index in [0.717, 1.165) is 0 Å². The monoisotopic (exact) mass is 267 g/mol. The van der Waals surface area contributed by atoms with Gasteiger partial charge in [0.05, 0.1) is 5.69 Å². The minimum atomic E-state index is -0.936. The van der Waals surface area contributed by atoms with Crippen molar-refractivity contribution in [2.24, 2.45) is 5.92 Å². The molecule has 4 nitrogen and oxygen atoms in total. The molecule has 5 heteroatoms. The first-order chi connectivity index (χ1) is 8.95. The molecule has 104 valence electrons. The molecule has 0 aliphatic carbocycles. The second kappa shape index (κ2) is 6.87. The first-order valence-electron chi connectivity index (χ1n) is 6.22. The fourth-order valence-electron chi connectivity index (χ4n) is 1.93. The number of para-hydroxylation sites is 1. The lowest BCUT2D eigenvalue weighted by molar-refractivity contribution is -0.138. The van der Waals surface area contributed by atoms with E-state index in [2.05, 4.69) is 0 Å². The number of aliphatic carboxylic acids is 1. The summed E-state index contributed by atoms with van der Waals surface area (Å²) < 4.78 is 13.6. The van der Waals surface area contributed by atoms with Gasteiger partial charge in [0.25, 0.3) is 0 Å². The molecule has 1 N–H and O–H groups in total. The summed E-state index contributed by atoms with van der Waals surface area (Å²) in [4.78, 5) is 24.0. The average molecular weight is 267 g/mol. The van der Waals surface area contributed by atoms with Crippen molar-refractivity contribution >= 4 is 17.6 Å². The molecule has 0 saturated heterocycles. The molecule has 19 heavy (non-hydrogen) atoms. The molecule has 1 amide bonds. The topological polar surface area (TPSA) is 57.6 Å². The highest BCUT2D eigenvalue weighted by Crippen LogP contribution is 2.21. The molecular formula is C14H18FNO3. The summed E-state index contributed by atoms with van der Waals surface area (Å²) >= 11 is 0. The van der Waals surface area contributed by atoms with E-state index < -0.39 is 11.8 Å². The molecular weight excluding hydrogens is 249 g/mol. The highest BCUT2D eigenvalue weighted by atomic mass is 19.1. The van der Waals surface area contributed by atoms with Gasteiger partial charge in [-0.15, -0.1) is 0 Å². The van der Waals surface area contributed by atoms with Gasteiger partial charge in [-0.05, 0) is 25.0 Å². The van der Waals surface area contributed by atoms with Crippen molar-refractivity contribution in [1.82, 2.24) is 0 Å². The number of hydrogen-bond donors (Lipinski definition) is 1. The maximum Gasteiger partial charge on any atom is 0.303 e. The number of nitrogens with zero attached hydrogens (tertiary/aromatic N) is 1. The Hall–Kier alpha value is -1.91. The second-order valence-corrected chi connectivity index (χ2v) is 4.50. The molecule has 0 aliphatic heterocycles. The average Bonchev–Trinajstić information content (AvgIpc) is 2.31. The fraction of sp³-hybridized carbons (Fsp3) is 0.429. The van der Waals surface area contributed by atoms with E-state index in [0.29, 0.717) is 6.54 Å². The van der Waals surface area contributed by atoms with Crippen LogP contribution in [0.2, 0.25) is 0 Å². The Morgan fingerprint density at radius 2 is 1.95 bits per heavy atom. The number of anilines is 1. The zero-order chi connectivity index (χ0) is 14.4. The molecule has 1 aromatic rings. The van der Waals surface area contributed by atoms with Crippen molar-refractivity contribution in [2.45, 2.75) is 26.7 Å². The van der Waals surface area contributed by atoms with Gasteiger partial charge >= 0.3 is 5.97 Å². The number of carbonyl (C=O) groups excluding carboxylic acids is 1. The van der Waals surface area contributed by atoms with E-state index >= 15 is 0 Å². The summed E-state index contributed by atoms with van der Waals surface area (Å²) in [5, 5.41) is 8.67. The van der Waals surface area contributed by atoms with Crippen LogP contribution in [-0.2, 0) is 9.59 Å². The third-order valence-corrected chi connectivity index (χ3v) is 2.81. The predicted molar refractivity (Wildman–Crippen MR) is 70.5 cm³/mol. The van der Waals surface area contributed by atoms with E-state index in [9.17, 15) is 14.0 Å². The minimum absolute atomic E-state index is 0.0689. The molecule has 0 heterocycles. The molecule has 1 atom stereocenters. The van der Waals surface area contributed by atoms with Gasteiger partial charge in [0.15, 0.2) is 0 Å². The third-order valence-electron chi connectivity index (χ3n) is 2.81. The zero-order valence-corrected chi connectivity index (χ0v) is 11.1. The first kappa shape index (κ1) is 15.1. The predicted octanol–water partition coefficient (Wildman–Crippen LogP) is 2.68. The van der Waals surface area contributed by atoms with Gasteiger partial charge in [0, 0.05) is 19.4 Å². The van der Waals surface area contributed by atoms with Gasteiger partial charge in [-0.3, -0.25) is 9.59 Å². The molecule has 1 rings (SSSR count). The van der Waals surface area contributed by atoms with Gasteiger partial charge in [-0.25, -0.2) is 4.39 Å². The summed E-state index contributed by atoms with van der Waals surface area (Å²) in [5.41, 5.74) is 0.234. The van der Waals surface area contributed by atoms with Gasteiger partial charge in [-0.1, -0.05) is 19.1 Å². The summed E-state index contributed by atoms with van der Waals surface area (Å²) in [6, 6.07) is 6.06. The highest BCUT2D eigenvalue weighted by molar-refractivity contribution is 5.93. The Morgan fingerprint density at radius 1 is 1.32 bits per heavy atom. The fourth-order valence-corrected chi connectivity index (χ4v) is 1.93. The lowest BCUT2D eigenvalue weighted by Crippen LogP contribution is -2.32. The molecule has 0 radical (unpaired) electrons. The molecule has 0 bridgehead atoms. The Labute approximate surface area is 111 Å². The van der Waals surface area contributed by atoms with Crippen molar-refractivity contribution in [2.75, 3.05) is 11.4 Å². The number of carboxylic acids is 1. The molecule has 0 aromatic heterocycles. The number of carboxylic acid groups (broad SMARTS) is 1. The van der Waals surface area contributed by atoms with E-state index in [1.165, 1.54) is 11.0 Å². The number of amides is 1. The highest BCUT2D eigenvalue weighted by Gasteiger charge is 2.20. The van der Waals surface area contributed by atoms with Crippen molar-refractivity contribution in [1.29, 1.82) is 0 Å². The minimum Gasteiger partial charge on any atom is -0.481 e. The van der Waals surface area contributed by atoms with Gasteiger partial charge in [0.2, 0.25) is 5.91 Å².